The minimum atomic E-state index is -0.519. The molecule has 0 saturated carbocycles. The zero-order valence-electron chi connectivity index (χ0n) is 10.00. The Hall–Kier alpha value is -1.74. The molecule has 2 aromatic carbocycles. The molecule has 0 spiro atoms. The van der Waals surface area contributed by atoms with Gasteiger partial charge in [0, 0.05) is 17.9 Å². The van der Waals surface area contributed by atoms with Crippen LogP contribution < -0.4 is 0 Å². The fourth-order valence-electron chi connectivity index (χ4n) is 1.79. The van der Waals surface area contributed by atoms with E-state index in [1.165, 1.54) is 18.2 Å². The Morgan fingerprint density at radius 2 is 1.58 bits per heavy atom. The number of ketones is 1. The van der Waals surface area contributed by atoms with Crippen LogP contribution in [0.25, 0.3) is 0 Å². The van der Waals surface area contributed by atoms with Crippen molar-refractivity contribution in [3.05, 3.63) is 70.2 Å². The average molecular weight is 281 g/mol. The Balaban J connectivity index is 2.08. The molecule has 0 bridgehead atoms. The monoisotopic (exact) mass is 280 g/mol. The van der Waals surface area contributed by atoms with Gasteiger partial charge in [-0.05, 0) is 29.3 Å². The molecular formula is C15H11ClF2O. The van der Waals surface area contributed by atoms with Crippen molar-refractivity contribution in [2.75, 3.05) is 0 Å². The second kappa shape index (κ2) is 5.93. The smallest absolute Gasteiger partial charge is 0.141 e. The van der Waals surface area contributed by atoms with Crippen molar-refractivity contribution >= 4 is 17.4 Å². The number of rotatable bonds is 4. The lowest BCUT2D eigenvalue weighted by Crippen LogP contribution is -2.09. The predicted octanol–water partition coefficient (Wildman–Crippen LogP) is 3.97. The number of hydrogen-bond acceptors (Lipinski definition) is 1. The molecule has 0 fully saturated rings. The van der Waals surface area contributed by atoms with Crippen LogP contribution in [0.5, 0.6) is 0 Å². The van der Waals surface area contributed by atoms with Crippen LogP contribution in [0.4, 0.5) is 8.78 Å². The van der Waals surface area contributed by atoms with Crippen LogP contribution in [-0.2, 0) is 17.6 Å². The molecular weight excluding hydrogens is 270 g/mol. The molecule has 0 heterocycles. The van der Waals surface area contributed by atoms with E-state index in [2.05, 4.69) is 0 Å². The van der Waals surface area contributed by atoms with E-state index < -0.39 is 11.6 Å². The minimum absolute atomic E-state index is 0.0469. The van der Waals surface area contributed by atoms with Gasteiger partial charge in [-0.2, -0.15) is 0 Å². The fraction of sp³-hybridized carbons (Fsp3) is 0.133. The lowest BCUT2D eigenvalue weighted by molar-refractivity contribution is -0.117. The second-order valence-electron chi connectivity index (χ2n) is 4.22. The summed E-state index contributed by atoms with van der Waals surface area (Å²) in [4.78, 5) is 11.8. The fourth-order valence-corrected chi connectivity index (χ4v) is 1.95. The topological polar surface area (TPSA) is 17.1 Å². The molecule has 0 radical (unpaired) electrons. The highest BCUT2D eigenvalue weighted by atomic mass is 35.5. The largest absolute Gasteiger partial charge is 0.299 e. The molecule has 0 N–H and O–H groups in total. The highest BCUT2D eigenvalue weighted by Crippen LogP contribution is 2.16. The number of halogens is 3. The van der Waals surface area contributed by atoms with Crippen LogP contribution in [-0.4, -0.2) is 5.78 Å². The summed E-state index contributed by atoms with van der Waals surface area (Å²) in [5, 5.41) is 0.280. The zero-order valence-corrected chi connectivity index (χ0v) is 10.8. The van der Waals surface area contributed by atoms with Crippen LogP contribution in [0.1, 0.15) is 11.1 Å². The molecule has 0 aliphatic heterocycles. The molecule has 0 saturated heterocycles. The molecule has 2 rings (SSSR count). The third kappa shape index (κ3) is 3.61. The molecule has 0 aliphatic rings. The lowest BCUT2D eigenvalue weighted by Gasteiger charge is -2.04. The van der Waals surface area contributed by atoms with E-state index in [1.54, 1.807) is 18.2 Å². The Kier molecular flexibility index (Phi) is 4.27. The van der Waals surface area contributed by atoms with Gasteiger partial charge in [-0.25, -0.2) is 8.78 Å². The number of Topliss-reactive ketones (excluding diaryl/α,β-unsaturated/α-hetero) is 1. The highest BCUT2D eigenvalue weighted by Gasteiger charge is 2.11. The van der Waals surface area contributed by atoms with Gasteiger partial charge in [-0.3, -0.25) is 4.79 Å². The van der Waals surface area contributed by atoms with E-state index in [9.17, 15) is 13.6 Å². The first-order valence-corrected chi connectivity index (χ1v) is 6.13. The summed E-state index contributed by atoms with van der Waals surface area (Å²) < 4.78 is 26.9. The van der Waals surface area contributed by atoms with Crippen molar-refractivity contribution in [1.82, 2.24) is 0 Å². The van der Waals surface area contributed by atoms with Gasteiger partial charge >= 0.3 is 0 Å². The SMILES string of the molecule is O=C(Cc1ccccc1F)Cc1ccc(Cl)cc1F. The van der Waals surface area contributed by atoms with Crippen LogP contribution in [0.2, 0.25) is 5.02 Å². The van der Waals surface area contributed by atoms with E-state index in [4.69, 9.17) is 11.6 Å². The predicted molar refractivity (Wildman–Crippen MR) is 70.2 cm³/mol. The maximum atomic E-state index is 13.5. The first-order chi connectivity index (χ1) is 9.06. The molecule has 19 heavy (non-hydrogen) atoms. The van der Waals surface area contributed by atoms with Gasteiger partial charge in [0.05, 0.1) is 0 Å². The molecule has 2 aromatic rings. The third-order valence-electron chi connectivity index (χ3n) is 2.75. The van der Waals surface area contributed by atoms with Crippen molar-refractivity contribution < 1.29 is 13.6 Å². The van der Waals surface area contributed by atoms with Crippen molar-refractivity contribution in [2.45, 2.75) is 12.8 Å². The number of carbonyl (C=O) groups excluding carboxylic acids is 1. The number of benzene rings is 2. The lowest BCUT2D eigenvalue weighted by atomic mass is 10.0. The van der Waals surface area contributed by atoms with Gasteiger partial charge in [-0.15, -0.1) is 0 Å². The van der Waals surface area contributed by atoms with Gasteiger partial charge in [0.1, 0.15) is 17.4 Å². The third-order valence-corrected chi connectivity index (χ3v) is 2.98. The summed E-state index contributed by atoms with van der Waals surface area (Å²) in [6.45, 7) is 0. The Bertz CT molecular complexity index is 611. The second-order valence-corrected chi connectivity index (χ2v) is 4.66. The van der Waals surface area contributed by atoms with E-state index in [0.29, 0.717) is 5.56 Å². The Morgan fingerprint density at radius 1 is 0.947 bits per heavy atom. The van der Waals surface area contributed by atoms with E-state index in [-0.39, 0.29) is 29.2 Å². The van der Waals surface area contributed by atoms with Crippen LogP contribution >= 0.6 is 11.6 Å². The van der Waals surface area contributed by atoms with Gasteiger partial charge < -0.3 is 0 Å². The summed E-state index contributed by atoms with van der Waals surface area (Å²) >= 11 is 5.63. The standard InChI is InChI=1S/C15H11ClF2O/c16-12-6-5-11(15(18)9-12)8-13(19)7-10-3-1-2-4-14(10)17/h1-6,9H,7-8H2. The van der Waals surface area contributed by atoms with Gasteiger partial charge in [0.2, 0.25) is 0 Å². The van der Waals surface area contributed by atoms with E-state index >= 15 is 0 Å². The van der Waals surface area contributed by atoms with Crippen LogP contribution in [0.3, 0.4) is 0 Å². The molecule has 0 aliphatic carbocycles. The van der Waals surface area contributed by atoms with E-state index in [0.717, 1.165) is 6.07 Å². The van der Waals surface area contributed by atoms with Gasteiger partial charge in [-0.1, -0.05) is 35.9 Å². The molecule has 0 unspecified atom stereocenters. The quantitative estimate of drug-likeness (QED) is 0.828. The molecule has 0 atom stereocenters. The maximum absolute atomic E-state index is 13.5. The summed E-state index contributed by atoms with van der Waals surface area (Å²) in [6.07, 6.45) is -0.119. The Morgan fingerprint density at radius 3 is 2.21 bits per heavy atom. The van der Waals surface area contributed by atoms with Crippen LogP contribution in [0, 0.1) is 11.6 Å². The first kappa shape index (κ1) is 13.7. The molecule has 0 aromatic heterocycles. The maximum Gasteiger partial charge on any atom is 0.141 e. The van der Waals surface area contributed by atoms with Gasteiger partial charge in [0.25, 0.3) is 0 Å². The molecule has 4 heteroatoms. The zero-order chi connectivity index (χ0) is 13.8. The van der Waals surface area contributed by atoms with Crippen molar-refractivity contribution in [2.24, 2.45) is 0 Å². The van der Waals surface area contributed by atoms with Crippen LogP contribution in [0.15, 0.2) is 42.5 Å². The first-order valence-electron chi connectivity index (χ1n) is 5.75. The van der Waals surface area contributed by atoms with Crippen molar-refractivity contribution in [3.8, 4) is 0 Å². The summed E-state index contributed by atoms with van der Waals surface area (Å²) in [5.41, 5.74) is 0.590. The highest BCUT2D eigenvalue weighted by molar-refractivity contribution is 6.30. The normalized spacial score (nSPS) is 10.5. The number of carbonyl (C=O) groups is 1. The summed E-state index contributed by atoms with van der Waals surface area (Å²) in [5.74, 6) is -1.19. The molecule has 0 amide bonds. The summed E-state index contributed by atoms with van der Waals surface area (Å²) in [7, 11) is 0. The summed E-state index contributed by atoms with van der Waals surface area (Å²) in [6, 6.07) is 10.2. The molecule has 98 valence electrons. The minimum Gasteiger partial charge on any atom is -0.299 e. The number of hydrogen-bond donors (Lipinski definition) is 0. The molecule has 1 nitrogen and oxygen atoms in total. The average Bonchev–Trinajstić information content (AvgIpc) is 2.36. The Labute approximate surface area is 114 Å². The van der Waals surface area contributed by atoms with Crippen molar-refractivity contribution in [3.63, 3.8) is 0 Å². The van der Waals surface area contributed by atoms with Gasteiger partial charge in [0.15, 0.2) is 0 Å². The van der Waals surface area contributed by atoms with E-state index in [1.807, 2.05) is 0 Å². The van der Waals surface area contributed by atoms with Crippen molar-refractivity contribution in [1.29, 1.82) is 0 Å².